The quantitative estimate of drug-likeness (QED) is 0.779. The number of methoxy groups -OCH3 is 2. The van der Waals surface area contributed by atoms with Gasteiger partial charge >= 0.3 is 0 Å². The normalized spacial score (nSPS) is 16.3. The lowest BCUT2D eigenvalue weighted by atomic mass is 9.97. The molecule has 0 radical (unpaired) electrons. The van der Waals surface area contributed by atoms with Crippen LogP contribution in [0.4, 0.5) is 5.69 Å². The maximum Gasteiger partial charge on any atom is 0.240 e. The van der Waals surface area contributed by atoms with Gasteiger partial charge in [-0.1, -0.05) is 24.3 Å². The van der Waals surface area contributed by atoms with E-state index >= 15 is 0 Å². The van der Waals surface area contributed by atoms with Gasteiger partial charge in [-0.2, -0.15) is 5.10 Å². The fourth-order valence-corrected chi connectivity index (χ4v) is 3.90. The van der Waals surface area contributed by atoms with Crippen LogP contribution in [0.2, 0.25) is 0 Å². The standard InChI is InChI=1S/C20H23N3O5S/c1-13(24)23-18(16-6-5-7-19(27-2)20(16)28-3)12-17(21-23)14-8-10-15(11-9-14)22-29(4,25)26/h5-11,18,22H,12H2,1-4H3/t18-/m1/s1. The number of nitrogens with one attached hydrogen (secondary N) is 1. The van der Waals surface area contributed by atoms with Gasteiger partial charge in [0.1, 0.15) is 0 Å². The van der Waals surface area contributed by atoms with Crippen LogP contribution < -0.4 is 14.2 Å². The second kappa shape index (κ2) is 8.12. The molecule has 0 aliphatic carbocycles. The van der Waals surface area contributed by atoms with E-state index in [2.05, 4.69) is 9.82 Å². The Hall–Kier alpha value is -3.07. The SMILES string of the molecule is COc1cccc([C@H]2CC(c3ccc(NS(C)(=O)=O)cc3)=NN2C(C)=O)c1OC. The molecule has 0 bridgehead atoms. The second-order valence-electron chi connectivity index (χ2n) is 6.66. The van der Waals surface area contributed by atoms with E-state index in [-0.39, 0.29) is 11.9 Å². The number of nitrogens with zero attached hydrogens (tertiary/aromatic N) is 2. The molecule has 0 fully saturated rings. The summed E-state index contributed by atoms with van der Waals surface area (Å²) in [5.74, 6) is 0.957. The van der Waals surface area contributed by atoms with Crippen LogP contribution in [0.1, 0.15) is 30.5 Å². The number of carbonyl (C=O) groups is 1. The first-order chi connectivity index (χ1) is 13.7. The predicted molar refractivity (Wildman–Crippen MR) is 111 cm³/mol. The van der Waals surface area contributed by atoms with Crippen LogP contribution >= 0.6 is 0 Å². The van der Waals surface area contributed by atoms with Gasteiger partial charge in [-0.3, -0.25) is 9.52 Å². The van der Waals surface area contributed by atoms with Crippen molar-refractivity contribution in [2.75, 3.05) is 25.2 Å². The van der Waals surface area contributed by atoms with Gasteiger partial charge in [0.2, 0.25) is 15.9 Å². The van der Waals surface area contributed by atoms with Crippen LogP contribution in [-0.2, 0) is 14.8 Å². The molecule has 0 unspecified atom stereocenters. The second-order valence-corrected chi connectivity index (χ2v) is 8.41. The van der Waals surface area contributed by atoms with Gasteiger partial charge in [-0.05, 0) is 23.8 Å². The molecule has 1 atom stereocenters. The number of carbonyl (C=O) groups excluding carboxylic acids is 1. The largest absolute Gasteiger partial charge is 0.493 e. The molecule has 2 aromatic carbocycles. The van der Waals surface area contributed by atoms with Gasteiger partial charge in [0, 0.05) is 24.6 Å². The van der Waals surface area contributed by atoms with Gasteiger partial charge in [0.25, 0.3) is 0 Å². The van der Waals surface area contributed by atoms with Crippen molar-refractivity contribution in [3.8, 4) is 11.5 Å². The molecular weight excluding hydrogens is 394 g/mol. The molecule has 1 N–H and O–H groups in total. The summed E-state index contributed by atoms with van der Waals surface area (Å²) in [6, 6.07) is 12.1. The fourth-order valence-electron chi connectivity index (χ4n) is 3.34. The Morgan fingerprint density at radius 1 is 1.14 bits per heavy atom. The molecule has 0 spiro atoms. The zero-order valence-corrected chi connectivity index (χ0v) is 17.5. The molecule has 1 aliphatic rings. The van der Waals surface area contributed by atoms with E-state index in [0.717, 1.165) is 23.1 Å². The summed E-state index contributed by atoms with van der Waals surface area (Å²) < 4.78 is 36.1. The van der Waals surface area contributed by atoms with Gasteiger partial charge in [0.05, 0.1) is 32.2 Å². The van der Waals surface area contributed by atoms with Gasteiger partial charge in [-0.15, -0.1) is 0 Å². The first-order valence-corrected chi connectivity index (χ1v) is 10.8. The molecule has 3 rings (SSSR count). The van der Waals surface area contributed by atoms with Crippen molar-refractivity contribution in [3.05, 3.63) is 53.6 Å². The highest BCUT2D eigenvalue weighted by Crippen LogP contribution is 2.41. The maximum absolute atomic E-state index is 12.2. The molecular formula is C20H23N3O5S. The summed E-state index contributed by atoms with van der Waals surface area (Å²) >= 11 is 0. The van der Waals surface area contributed by atoms with Crippen molar-refractivity contribution < 1.29 is 22.7 Å². The van der Waals surface area contributed by atoms with Crippen LogP contribution in [0.5, 0.6) is 11.5 Å². The summed E-state index contributed by atoms with van der Waals surface area (Å²) in [5, 5.41) is 5.96. The van der Waals surface area contributed by atoms with E-state index in [1.165, 1.54) is 11.9 Å². The maximum atomic E-state index is 12.2. The third-order valence-electron chi connectivity index (χ3n) is 4.55. The summed E-state index contributed by atoms with van der Waals surface area (Å²) in [6.45, 7) is 1.46. The highest BCUT2D eigenvalue weighted by molar-refractivity contribution is 7.92. The number of anilines is 1. The first kappa shape index (κ1) is 20.7. The minimum absolute atomic E-state index is 0.190. The third kappa shape index (κ3) is 4.51. The van der Waals surface area contributed by atoms with E-state index in [9.17, 15) is 13.2 Å². The molecule has 154 valence electrons. The molecule has 0 aromatic heterocycles. The third-order valence-corrected chi connectivity index (χ3v) is 5.15. The smallest absolute Gasteiger partial charge is 0.240 e. The Morgan fingerprint density at radius 3 is 2.38 bits per heavy atom. The topological polar surface area (TPSA) is 97.3 Å². The average molecular weight is 417 g/mol. The molecule has 8 nitrogen and oxygen atoms in total. The Labute approximate surface area is 170 Å². The average Bonchev–Trinajstić information content (AvgIpc) is 3.12. The Balaban J connectivity index is 1.93. The van der Waals surface area contributed by atoms with Crippen molar-refractivity contribution >= 4 is 27.3 Å². The van der Waals surface area contributed by atoms with Crippen LogP contribution in [0.15, 0.2) is 47.6 Å². The summed E-state index contributed by atoms with van der Waals surface area (Å²) in [5.41, 5.74) is 2.79. The van der Waals surface area contributed by atoms with Gasteiger partial charge in [-0.25, -0.2) is 13.4 Å². The minimum Gasteiger partial charge on any atom is -0.493 e. The molecule has 1 aliphatic heterocycles. The number of rotatable bonds is 6. The van der Waals surface area contributed by atoms with E-state index in [1.54, 1.807) is 44.6 Å². The zero-order chi connectivity index (χ0) is 21.2. The number of amides is 1. The molecule has 0 saturated carbocycles. The lowest BCUT2D eigenvalue weighted by molar-refractivity contribution is -0.130. The molecule has 2 aromatic rings. The number of sulfonamides is 1. The highest BCUT2D eigenvalue weighted by Gasteiger charge is 2.34. The lowest BCUT2D eigenvalue weighted by Crippen LogP contribution is -2.24. The van der Waals surface area contributed by atoms with Gasteiger partial charge < -0.3 is 9.47 Å². The summed E-state index contributed by atoms with van der Waals surface area (Å²) in [6.07, 6.45) is 1.58. The fraction of sp³-hybridized carbons (Fsp3) is 0.300. The van der Waals surface area contributed by atoms with Crippen LogP contribution in [0.25, 0.3) is 0 Å². The molecule has 1 amide bonds. The lowest BCUT2D eigenvalue weighted by Gasteiger charge is -2.23. The Morgan fingerprint density at radius 2 is 1.83 bits per heavy atom. The first-order valence-electron chi connectivity index (χ1n) is 8.90. The van der Waals surface area contributed by atoms with Crippen molar-refractivity contribution in [2.45, 2.75) is 19.4 Å². The van der Waals surface area contributed by atoms with Crippen molar-refractivity contribution in [2.24, 2.45) is 5.10 Å². The monoisotopic (exact) mass is 417 g/mol. The number of benzene rings is 2. The van der Waals surface area contributed by atoms with Crippen molar-refractivity contribution in [1.82, 2.24) is 5.01 Å². The molecule has 9 heteroatoms. The van der Waals surface area contributed by atoms with Crippen LogP contribution in [-0.4, -0.2) is 45.5 Å². The summed E-state index contributed by atoms with van der Waals surface area (Å²) in [7, 11) is -0.225. The van der Waals surface area contributed by atoms with Gasteiger partial charge in [0.15, 0.2) is 11.5 Å². The molecule has 29 heavy (non-hydrogen) atoms. The van der Waals surface area contributed by atoms with E-state index < -0.39 is 10.0 Å². The Kier molecular flexibility index (Phi) is 5.78. The number of para-hydroxylation sites is 1. The van der Waals surface area contributed by atoms with Crippen LogP contribution in [0, 0.1) is 0 Å². The van der Waals surface area contributed by atoms with E-state index in [0.29, 0.717) is 23.6 Å². The number of ether oxygens (including phenoxy) is 2. The minimum atomic E-state index is -3.35. The number of hydrazone groups is 1. The van der Waals surface area contributed by atoms with E-state index in [1.807, 2.05) is 12.1 Å². The molecule has 1 heterocycles. The number of hydrogen-bond acceptors (Lipinski definition) is 6. The zero-order valence-electron chi connectivity index (χ0n) is 16.7. The summed E-state index contributed by atoms with van der Waals surface area (Å²) in [4.78, 5) is 12.2. The highest BCUT2D eigenvalue weighted by atomic mass is 32.2. The molecule has 0 saturated heterocycles. The van der Waals surface area contributed by atoms with Crippen molar-refractivity contribution in [1.29, 1.82) is 0 Å². The predicted octanol–water partition coefficient (Wildman–Crippen LogP) is 2.77. The number of hydrogen-bond donors (Lipinski definition) is 1. The van der Waals surface area contributed by atoms with Crippen molar-refractivity contribution in [3.63, 3.8) is 0 Å². The van der Waals surface area contributed by atoms with E-state index in [4.69, 9.17) is 9.47 Å². The Bertz CT molecular complexity index is 1050. The van der Waals surface area contributed by atoms with Crippen LogP contribution in [0.3, 0.4) is 0 Å².